The Morgan fingerprint density at radius 2 is 2.16 bits per heavy atom. The molecule has 1 heterocycles. The monoisotopic (exact) mass is 265 g/mol. The van der Waals surface area contributed by atoms with Gasteiger partial charge in [0.2, 0.25) is 0 Å². The summed E-state index contributed by atoms with van der Waals surface area (Å²) in [5.41, 5.74) is 7.25. The Balaban J connectivity index is 1.86. The molecule has 1 saturated carbocycles. The Morgan fingerprint density at radius 3 is 2.84 bits per heavy atom. The van der Waals surface area contributed by atoms with Crippen molar-refractivity contribution in [2.45, 2.75) is 70.1 Å². The van der Waals surface area contributed by atoms with Gasteiger partial charge >= 0.3 is 0 Å². The van der Waals surface area contributed by atoms with Crippen LogP contribution in [0.25, 0.3) is 0 Å². The second kappa shape index (κ2) is 7.06. The smallest absolute Gasteiger partial charge is 0.0640 e. The Bertz CT molecular complexity index is 371. The maximum absolute atomic E-state index is 6.14. The summed E-state index contributed by atoms with van der Waals surface area (Å²) in [4.78, 5) is 0. The molecule has 0 amide bonds. The predicted molar refractivity (Wildman–Crippen MR) is 77.1 cm³/mol. The molecule has 0 radical (unpaired) electrons. The van der Waals surface area contributed by atoms with E-state index < -0.39 is 0 Å². The Kier molecular flexibility index (Phi) is 5.40. The first-order chi connectivity index (χ1) is 9.19. The Labute approximate surface area is 116 Å². The standard InChI is InChI=1S/C15H27N3O/c1-12(19-2)10-13(16)11-14-8-9-18(17-14)15-6-4-3-5-7-15/h8-9,12-13,15H,3-7,10-11,16H2,1-2H3. The van der Waals surface area contributed by atoms with Crippen molar-refractivity contribution >= 4 is 0 Å². The van der Waals surface area contributed by atoms with E-state index in [1.165, 1.54) is 32.1 Å². The molecule has 0 saturated heterocycles. The highest BCUT2D eigenvalue weighted by Gasteiger charge is 2.17. The van der Waals surface area contributed by atoms with E-state index in [9.17, 15) is 0 Å². The van der Waals surface area contributed by atoms with Crippen LogP contribution in [0.1, 0.15) is 57.2 Å². The third-order valence-corrected chi connectivity index (χ3v) is 4.12. The third kappa shape index (κ3) is 4.32. The van der Waals surface area contributed by atoms with Gasteiger partial charge in [0.1, 0.15) is 0 Å². The summed E-state index contributed by atoms with van der Waals surface area (Å²) in [6.07, 6.45) is 10.7. The van der Waals surface area contributed by atoms with Crippen LogP contribution in [0.5, 0.6) is 0 Å². The fraction of sp³-hybridized carbons (Fsp3) is 0.800. The maximum atomic E-state index is 6.14. The van der Waals surface area contributed by atoms with Crippen LogP contribution < -0.4 is 5.73 Å². The van der Waals surface area contributed by atoms with Gasteiger partial charge in [-0.25, -0.2) is 0 Å². The number of aromatic nitrogens is 2. The lowest BCUT2D eigenvalue weighted by Crippen LogP contribution is -2.28. The first-order valence-corrected chi connectivity index (χ1v) is 7.51. The lowest BCUT2D eigenvalue weighted by Gasteiger charge is -2.22. The highest BCUT2D eigenvalue weighted by Crippen LogP contribution is 2.27. The molecule has 0 aliphatic heterocycles. The Morgan fingerprint density at radius 1 is 1.42 bits per heavy atom. The van der Waals surface area contributed by atoms with E-state index in [-0.39, 0.29) is 12.1 Å². The van der Waals surface area contributed by atoms with Crippen molar-refractivity contribution in [1.82, 2.24) is 9.78 Å². The second-order valence-corrected chi connectivity index (χ2v) is 5.83. The predicted octanol–water partition coefficient (Wildman–Crippen LogP) is 2.68. The molecule has 1 aromatic heterocycles. The van der Waals surface area contributed by atoms with Crippen molar-refractivity contribution in [2.75, 3.05) is 7.11 Å². The van der Waals surface area contributed by atoms with Crippen LogP contribution in [-0.2, 0) is 11.2 Å². The van der Waals surface area contributed by atoms with E-state index in [2.05, 4.69) is 23.9 Å². The topological polar surface area (TPSA) is 53.1 Å². The second-order valence-electron chi connectivity index (χ2n) is 5.83. The number of ether oxygens (including phenoxy) is 1. The van der Waals surface area contributed by atoms with Crippen molar-refractivity contribution in [3.63, 3.8) is 0 Å². The van der Waals surface area contributed by atoms with Gasteiger partial charge in [-0.1, -0.05) is 19.3 Å². The quantitative estimate of drug-likeness (QED) is 0.860. The zero-order chi connectivity index (χ0) is 13.7. The van der Waals surface area contributed by atoms with Gasteiger partial charge in [0.05, 0.1) is 17.8 Å². The van der Waals surface area contributed by atoms with E-state index in [0.717, 1.165) is 18.5 Å². The first kappa shape index (κ1) is 14.5. The summed E-state index contributed by atoms with van der Waals surface area (Å²) in [7, 11) is 1.73. The van der Waals surface area contributed by atoms with Crippen LogP contribution in [0.15, 0.2) is 12.3 Å². The summed E-state index contributed by atoms with van der Waals surface area (Å²) < 4.78 is 7.41. The van der Waals surface area contributed by atoms with Crippen LogP contribution in [0.3, 0.4) is 0 Å². The average Bonchev–Trinajstić information content (AvgIpc) is 2.88. The van der Waals surface area contributed by atoms with Gasteiger partial charge in [0.15, 0.2) is 0 Å². The minimum absolute atomic E-state index is 0.129. The molecule has 0 spiro atoms. The van der Waals surface area contributed by atoms with Crippen molar-refractivity contribution < 1.29 is 4.74 Å². The van der Waals surface area contributed by atoms with Gasteiger partial charge in [-0.2, -0.15) is 5.10 Å². The SMILES string of the molecule is COC(C)CC(N)Cc1ccn(C2CCCCC2)n1. The molecule has 4 nitrogen and oxygen atoms in total. The van der Waals surface area contributed by atoms with E-state index in [0.29, 0.717) is 6.04 Å². The minimum atomic E-state index is 0.129. The molecule has 0 bridgehead atoms. The molecule has 2 N–H and O–H groups in total. The van der Waals surface area contributed by atoms with Gasteiger partial charge < -0.3 is 10.5 Å². The molecule has 0 aromatic carbocycles. The number of rotatable bonds is 6. The fourth-order valence-corrected chi connectivity index (χ4v) is 2.91. The highest BCUT2D eigenvalue weighted by molar-refractivity contribution is 5.02. The minimum Gasteiger partial charge on any atom is -0.382 e. The van der Waals surface area contributed by atoms with Gasteiger partial charge in [-0.3, -0.25) is 4.68 Å². The van der Waals surface area contributed by atoms with E-state index in [1.54, 1.807) is 7.11 Å². The van der Waals surface area contributed by atoms with Gasteiger partial charge in [0.25, 0.3) is 0 Å². The molecule has 1 aliphatic carbocycles. The van der Waals surface area contributed by atoms with E-state index in [4.69, 9.17) is 15.6 Å². The third-order valence-electron chi connectivity index (χ3n) is 4.12. The summed E-state index contributed by atoms with van der Waals surface area (Å²) in [6, 6.07) is 2.85. The van der Waals surface area contributed by atoms with Gasteiger partial charge in [-0.05, 0) is 32.3 Å². The zero-order valence-corrected chi connectivity index (χ0v) is 12.2. The van der Waals surface area contributed by atoms with Crippen LogP contribution >= 0.6 is 0 Å². The van der Waals surface area contributed by atoms with Crippen LogP contribution in [0.4, 0.5) is 0 Å². The summed E-state index contributed by atoms with van der Waals surface area (Å²) >= 11 is 0. The first-order valence-electron chi connectivity index (χ1n) is 7.51. The molecule has 2 unspecified atom stereocenters. The molecule has 1 aromatic rings. The largest absolute Gasteiger partial charge is 0.382 e. The summed E-state index contributed by atoms with van der Waals surface area (Å²) in [5.74, 6) is 0. The van der Waals surface area contributed by atoms with Crippen LogP contribution in [-0.4, -0.2) is 29.0 Å². The number of hydrogen-bond acceptors (Lipinski definition) is 3. The zero-order valence-electron chi connectivity index (χ0n) is 12.2. The molecule has 4 heteroatoms. The van der Waals surface area contributed by atoms with Crippen molar-refractivity contribution in [2.24, 2.45) is 5.73 Å². The van der Waals surface area contributed by atoms with Crippen molar-refractivity contribution in [3.8, 4) is 0 Å². The number of hydrogen-bond donors (Lipinski definition) is 1. The summed E-state index contributed by atoms with van der Waals surface area (Å²) in [5, 5.41) is 4.70. The molecular formula is C15H27N3O. The van der Waals surface area contributed by atoms with Crippen LogP contribution in [0.2, 0.25) is 0 Å². The fourth-order valence-electron chi connectivity index (χ4n) is 2.91. The average molecular weight is 265 g/mol. The highest BCUT2D eigenvalue weighted by atomic mass is 16.5. The lowest BCUT2D eigenvalue weighted by atomic mass is 9.96. The molecule has 108 valence electrons. The number of nitrogens with two attached hydrogens (primary N) is 1. The molecule has 1 fully saturated rings. The normalized spacial score (nSPS) is 20.4. The van der Waals surface area contributed by atoms with Crippen LogP contribution in [0, 0.1) is 0 Å². The number of methoxy groups -OCH3 is 1. The molecule has 19 heavy (non-hydrogen) atoms. The Hall–Kier alpha value is -0.870. The van der Waals surface area contributed by atoms with E-state index >= 15 is 0 Å². The maximum Gasteiger partial charge on any atom is 0.0640 e. The van der Waals surface area contributed by atoms with Crippen molar-refractivity contribution in [3.05, 3.63) is 18.0 Å². The lowest BCUT2D eigenvalue weighted by molar-refractivity contribution is 0.104. The summed E-state index contributed by atoms with van der Waals surface area (Å²) in [6.45, 7) is 2.06. The molecule has 2 atom stereocenters. The molecular weight excluding hydrogens is 238 g/mol. The number of nitrogens with zero attached hydrogens (tertiary/aromatic N) is 2. The van der Waals surface area contributed by atoms with Crippen molar-refractivity contribution in [1.29, 1.82) is 0 Å². The molecule has 1 aliphatic rings. The van der Waals surface area contributed by atoms with Gasteiger partial charge in [-0.15, -0.1) is 0 Å². The van der Waals surface area contributed by atoms with E-state index in [1.807, 2.05) is 0 Å². The molecule has 2 rings (SSSR count). The van der Waals surface area contributed by atoms with Gasteiger partial charge in [0, 0.05) is 25.8 Å².